The highest BCUT2D eigenvalue weighted by atomic mass is 16.4. The molecular formula is C15H16N2O2. The first-order valence-corrected chi connectivity index (χ1v) is 6.12. The molecule has 1 aromatic carbocycles. The maximum atomic E-state index is 11.4. The van der Waals surface area contributed by atoms with Crippen LogP contribution in [0.25, 0.3) is 0 Å². The van der Waals surface area contributed by atoms with Gasteiger partial charge >= 0.3 is 6.09 Å². The smallest absolute Gasteiger partial charge is 0.408 e. The fraction of sp³-hybridized carbons (Fsp3) is 0.200. The molecule has 1 atom stereocenters. The first-order chi connectivity index (χ1) is 9.18. The normalized spacial score (nSPS) is 11.8. The van der Waals surface area contributed by atoms with Crippen molar-refractivity contribution in [1.29, 1.82) is 0 Å². The summed E-state index contributed by atoms with van der Waals surface area (Å²) in [4.78, 5) is 16.8. The molecule has 0 aliphatic carbocycles. The second-order valence-electron chi connectivity index (χ2n) is 4.36. The molecule has 0 radical (unpaired) electrons. The summed E-state index contributed by atoms with van der Waals surface area (Å²) in [6.45, 7) is 2.22. The number of rotatable bonds is 4. The lowest BCUT2D eigenvalue weighted by Crippen LogP contribution is -2.31. The molecule has 0 aliphatic rings. The third-order valence-electron chi connectivity index (χ3n) is 3.07. The van der Waals surface area contributed by atoms with Crippen molar-refractivity contribution in [2.75, 3.05) is 0 Å². The van der Waals surface area contributed by atoms with E-state index in [1.807, 2.05) is 49.4 Å². The molecule has 0 fully saturated rings. The van der Waals surface area contributed by atoms with Gasteiger partial charge in [-0.15, -0.1) is 0 Å². The van der Waals surface area contributed by atoms with Crippen LogP contribution in [-0.4, -0.2) is 21.1 Å². The van der Waals surface area contributed by atoms with Gasteiger partial charge in [0.15, 0.2) is 0 Å². The highest BCUT2D eigenvalue weighted by molar-refractivity contribution is 5.65. The Morgan fingerprint density at radius 3 is 2.58 bits per heavy atom. The Morgan fingerprint density at radius 1 is 1.26 bits per heavy atom. The van der Waals surface area contributed by atoms with Crippen molar-refractivity contribution in [1.82, 2.24) is 9.88 Å². The number of nitrogens with zero attached hydrogens (tertiary/aromatic N) is 2. The van der Waals surface area contributed by atoms with Gasteiger partial charge in [-0.3, -0.25) is 9.88 Å². The number of pyridine rings is 1. The summed E-state index contributed by atoms with van der Waals surface area (Å²) in [5, 5.41) is 9.37. The first-order valence-electron chi connectivity index (χ1n) is 6.12. The molecule has 1 aromatic heterocycles. The second kappa shape index (κ2) is 6.00. The summed E-state index contributed by atoms with van der Waals surface area (Å²) in [5.41, 5.74) is 1.86. The standard InChI is InChI=1S/C15H16N2O2/c1-12(14-7-3-2-4-8-14)17(15(18)19)11-13-6-5-9-16-10-13/h2-10,12H,11H2,1H3,(H,18,19)/t12-/m0/s1. The molecule has 0 saturated carbocycles. The average molecular weight is 256 g/mol. The van der Waals surface area contributed by atoms with Crippen molar-refractivity contribution < 1.29 is 9.90 Å². The van der Waals surface area contributed by atoms with Crippen LogP contribution in [-0.2, 0) is 6.54 Å². The lowest BCUT2D eigenvalue weighted by atomic mass is 10.1. The van der Waals surface area contributed by atoms with Crippen molar-refractivity contribution >= 4 is 6.09 Å². The van der Waals surface area contributed by atoms with E-state index in [4.69, 9.17) is 0 Å². The summed E-state index contributed by atoms with van der Waals surface area (Å²) in [6.07, 6.45) is 2.43. The van der Waals surface area contributed by atoms with Crippen LogP contribution < -0.4 is 0 Å². The van der Waals surface area contributed by atoms with Crippen LogP contribution >= 0.6 is 0 Å². The molecule has 1 heterocycles. The molecule has 0 bridgehead atoms. The highest BCUT2D eigenvalue weighted by Crippen LogP contribution is 2.22. The summed E-state index contributed by atoms with van der Waals surface area (Å²) in [6, 6.07) is 13.1. The number of amides is 1. The molecular weight excluding hydrogens is 240 g/mol. The second-order valence-corrected chi connectivity index (χ2v) is 4.36. The zero-order valence-corrected chi connectivity index (χ0v) is 10.7. The minimum Gasteiger partial charge on any atom is -0.465 e. The van der Waals surface area contributed by atoms with Gasteiger partial charge in [-0.05, 0) is 24.1 Å². The van der Waals surface area contributed by atoms with Gasteiger partial charge in [0.1, 0.15) is 0 Å². The van der Waals surface area contributed by atoms with Gasteiger partial charge in [-0.25, -0.2) is 4.79 Å². The first kappa shape index (κ1) is 13.1. The van der Waals surface area contributed by atoms with Gasteiger partial charge in [0, 0.05) is 12.4 Å². The molecule has 1 N–H and O–H groups in total. The molecule has 98 valence electrons. The van der Waals surface area contributed by atoms with Crippen LogP contribution in [0.15, 0.2) is 54.9 Å². The molecule has 2 rings (SSSR count). The van der Waals surface area contributed by atoms with Gasteiger partial charge < -0.3 is 5.11 Å². The number of benzene rings is 1. The Hall–Kier alpha value is -2.36. The summed E-state index contributed by atoms with van der Waals surface area (Å²) in [5.74, 6) is 0. The van der Waals surface area contributed by atoms with E-state index in [-0.39, 0.29) is 6.04 Å². The van der Waals surface area contributed by atoms with E-state index in [0.717, 1.165) is 11.1 Å². The summed E-state index contributed by atoms with van der Waals surface area (Å²) < 4.78 is 0. The quantitative estimate of drug-likeness (QED) is 0.912. The van der Waals surface area contributed by atoms with Crippen molar-refractivity contribution in [3.05, 3.63) is 66.0 Å². The third-order valence-corrected chi connectivity index (χ3v) is 3.07. The molecule has 19 heavy (non-hydrogen) atoms. The monoisotopic (exact) mass is 256 g/mol. The number of aromatic nitrogens is 1. The summed E-state index contributed by atoms with van der Waals surface area (Å²) >= 11 is 0. The van der Waals surface area contributed by atoms with Crippen LogP contribution in [0, 0.1) is 0 Å². The Morgan fingerprint density at radius 2 is 2.00 bits per heavy atom. The maximum absolute atomic E-state index is 11.4. The van der Waals surface area contributed by atoms with E-state index in [1.54, 1.807) is 12.4 Å². The van der Waals surface area contributed by atoms with Gasteiger partial charge in [-0.1, -0.05) is 36.4 Å². The molecule has 0 unspecified atom stereocenters. The Bertz CT molecular complexity index is 528. The van der Waals surface area contributed by atoms with E-state index >= 15 is 0 Å². The van der Waals surface area contributed by atoms with Crippen molar-refractivity contribution in [2.24, 2.45) is 0 Å². The predicted octanol–water partition coefficient (Wildman–Crippen LogP) is 3.32. The lowest BCUT2D eigenvalue weighted by Gasteiger charge is -2.26. The molecule has 4 heteroatoms. The molecule has 2 aromatic rings. The van der Waals surface area contributed by atoms with Crippen LogP contribution in [0.5, 0.6) is 0 Å². The van der Waals surface area contributed by atoms with Crippen LogP contribution in [0.3, 0.4) is 0 Å². The van der Waals surface area contributed by atoms with Gasteiger partial charge in [0.25, 0.3) is 0 Å². The van der Waals surface area contributed by atoms with Gasteiger partial charge in [-0.2, -0.15) is 0 Å². The van der Waals surface area contributed by atoms with E-state index < -0.39 is 6.09 Å². The van der Waals surface area contributed by atoms with Gasteiger partial charge in [0.05, 0.1) is 12.6 Å². The highest BCUT2D eigenvalue weighted by Gasteiger charge is 2.20. The van der Waals surface area contributed by atoms with Crippen molar-refractivity contribution in [3.8, 4) is 0 Å². The van der Waals surface area contributed by atoms with E-state index in [9.17, 15) is 9.90 Å². The molecule has 0 spiro atoms. The van der Waals surface area contributed by atoms with Gasteiger partial charge in [0.2, 0.25) is 0 Å². The number of carboxylic acid groups (broad SMARTS) is 1. The summed E-state index contributed by atoms with van der Waals surface area (Å²) in [7, 11) is 0. The Labute approximate surface area is 112 Å². The average Bonchev–Trinajstić information content (AvgIpc) is 2.46. The predicted molar refractivity (Wildman–Crippen MR) is 72.7 cm³/mol. The van der Waals surface area contributed by atoms with Crippen molar-refractivity contribution in [2.45, 2.75) is 19.5 Å². The van der Waals surface area contributed by atoms with Crippen LogP contribution in [0.1, 0.15) is 24.1 Å². The Kier molecular flexibility index (Phi) is 4.13. The number of hydrogen-bond acceptors (Lipinski definition) is 2. The zero-order chi connectivity index (χ0) is 13.7. The molecule has 1 amide bonds. The fourth-order valence-electron chi connectivity index (χ4n) is 1.97. The van der Waals surface area contributed by atoms with Crippen LogP contribution in [0.4, 0.5) is 4.79 Å². The van der Waals surface area contributed by atoms with Crippen molar-refractivity contribution in [3.63, 3.8) is 0 Å². The third kappa shape index (κ3) is 3.31. The lowest BCUT2D eigenvalue weighted by molar-refractivity contribution is 0.124. The zero-order valence-electron chi connectivity index (χ0n) is 10.7. The molecule has 0 saturated heterocycles. The van der Waals surface area contributed by atoms with E-state index in [0.29, 0.717) is 6.54 Å². The number of hydrogen-bond donors (Lipinski definition) is 1. The van der Waals surface area contributed by atoms with E-state index in [2.05, 4.69) is 4.98 Å². The largest absolute Gasteiger partial charge is 0.465 e. The fourth-order valence-corrected chi connectivity index (χ4v) is 1.97. The van der Waals surface area contributed by atoms with E-state index in [1.165, 1.54) is 4.90 Å². The molecule has 4 nitrogen and oxygen atoms in total. The molecule has 0 aliphatic heterocycles. The Balaban J connectivity index is 2.19. The number of carbonyl (C=O) groups is 1. The minimum atomic E-state index is -0.930. The maximum Gasteiger partial charge on any atom is 0.408 e. The van der Waals surface area contributed by atoms with Crippen LogP contribution in [0.2, 0.25) is 0 Å². The SMILES string of the molecule is C[C@@H](c1ccccc1)N(Cc1cccnc1)C(=O)O. The minimum absolute atomic E-state index is 0.195. The topological polar surface area (TPSA) is 53.4 Å².